The van der Waals surface area contributed by atoms with Gasteiger partial charge in [-0.15, -0.1) is 0 Å². The second kappa shape index (κ2) is 8.02. The Kier molecular flexibility index (Phi) is 6.04. The summed E-state index contributed by atoms with van der Waals surface area (Å²) in [5.41, 5.74) is 1.74. The van der Waals surface area contributed by atoms with Gasteiger partial charge in [0.1, 0.15) is 11.1 Å². The molecule has 0 saturated heterocycles. The standard InChI is InChI=1S/C17H21ClN2O3/c1-4-6-9-19-14-11-7-8-13(18)16(22-3)15(11)20-10-12(14)17(21)23-5-2/h7-8,10H,4-6,9H2,1-3H3,(H,19,20). The zero-order valence-electron chi connectivity index (χ0n) is 13.6. The van der Waals surface area contributed by atoms with Crippen molar-refractivity contribution >= 4 is 34.2 Å². The van der Waals surface area contributed by atoms with Gasteiger partial charge in [-0.05, 0) is 25.5 Å². The Labute approximate surface area is 140 Å². The second-order valence-electron chi connectivity index (χ2n) is 5.02. The van der Waals surface area contributed by atoms with Crippen LogP contribution in [0.5, 0.6) is 5.75 Å². The Hall–Kier alpha value is -2.01. The van der Waals surface area contributed by atoms with Crippen LogP contribution in [-0.4, -0.2) is 31.2 Å². The fourth-order valence-corrected chi connectivity index (χ4v) is 2.58. The summed E-state index contributed by atoms with van der Waals surface area (Å²) in [7, 11) is 1.55. The van der Waals surface area contributed by atoms with Crippen molar-refractivity contribution in [1.29, 1.82) is 0 Å². The lowest BCUT2D eigenvalue weighted by Gasteiger charge is -2.15. The minimum absolute atomic E-state index is 0.315. The molecule has 0 aliphatic heterocycles. The number of carbonyl (C=O) groups excluding carboxylic acids is 1. The normalized spacial score (nSPS) is 10.6. The molecule has 1 aromatic carbocycles. The van der Waals surface area contributed by atoms with Crippen LogP contribution in [-0.2, 0) is 4.74 Å². The molecular weight excluding hydrogens is 316 g/mol. The number of hydrogen-bond acceptors (Lipinski definition) is 5. The van der Waals surface area contributed by atoms with E-state index in [-0.39, 0.29) is 0 Å². The van der Waals surface area contributed by atoms with Crippen LogP contribution in [0.3, 0.4) is 0 Å². The summed E-state index contributed by atoms with van der Waals surface area (Å²) in [6.07, 6.45) is 3.56. The molecule has 0 radical (unpaired) electrons. The first-order chi connectivity index (χ1) is 11.1. The van der Waals surface area contributed by atoms with Crippen molar-refractivity contribution in [2.24, 2.45) is 0 Å². The summed E-state index contributed by atoms with van der Waals surface area (Å²) in [5.74, 6) is 0.105. The van der Waals surface area contributed by atoms with Crippen LogP contribution in [0.1, 0.15) is 37.0 Å². The van der Waals surface area contributed by atoms with E-state index >= 15 is 0 Å². The highest BCUT2D eigenvalue weighted by atomic mass is 35.5. The molecule has 0 spiro atoms. The monoisotopic (exact) mass is 336 g/mol. The topological polar surface area (TPSA) is 60.5 Å². The first-order valence-electron chi connectivity index (χ1n) is 7.70. The fraction of sp³-hybridized carbons (Fsp3) is 0.412. The van der Waals surface area contributed by atoms with Crippen LogP contribution >= 0.6 is 11.6 Å². The average molecular weight is 337 g/mol. The number of unbranched alkanes of at least 4 members (excludes halogenated alkanes) is 1. The van der Waals surface area contributed by atoms with Gasteiger partial charge in [-0.3, -0.25) is 4.98 Å². The SMILES string of the molecule is CCCCNc1c(C(=O)OCC)cnc2c(OC)c(Cl)ccc12. The van der Waals surface area contributed by atoms with Gasteiger partial charge in [-0.25, -0.2) is 4.79 Å². The number of methoxy groups -OCH3 is 1. The molecule has 5 nitrogen and oxygen atoms in total. The van der Waals surface area contributed by atoms with Crippen LogP contribution in [0.2, 0.25) is 5.02 Å². The summed E-state index contributed by atoms with van der Waals surface area (Å²) < 4.78 is 10.5. The van der Waals surface area contributed by atoms with Crippen molar-refractivity contribution in [3.05, 3.63) is 28.9 Å². The number of benzene rings is 1. The minimum atomic E-state index is -0.394. The molecular formula is C17H21ClN2O3. The highest BCUT2D eigenvalue weighted by Crippen LogP contribution is 2.36. The van der Waals surface area contributed by atoms with E-state index in [1.807, 2.05) is 6.07 Å². The van der Waals surface area contributed by atoms with E-state index in [0.29, 0.717) is 34.1 Å². The van der Waals surface area contributed by atoms with Crippen LogP contribution < -0.4 is 10.1 Å². The Morgan fingerprint density at radius 1 is 1.35 bits per heavy atom. The van der Waals surface area contributed by atoms with Crippen molar-refractivity contribution in [2.45, 2.75) is 26.7 Å². The number of nitrogens with one attached hydrogen (secondary N) is 1. The highest BCUT2D eigenvalue weighted by molar-refractivity contribution is 6.33. The molecule has 2 aromatic rings. The van der Waals surface area contributed by atoms with Gasteiger partial charge in [0, 0.05) is 18.1 Å². The zero-order valence-corrected chi connectivity index (χ0v) is 14.4. The Bertz CT molecular complexity index is 704. The van der Waals surface area contributed by atoms with Crippen LogP contribution in [0.15, 0.2) is 18.3 Å². The molecule has 0 fully saturated rings. The van der Waals surface area contributed by atoms with Gasteiger partial charge in [0.15, 0.2) is 5.75 Å². The van der Waals surface area contributed by atoms with Gasteiger partial charge < -0.3 is 14.8 Å². The summed E-state index contributed by atoms with van der Waals surface area (Å²) in [4.78, 5) is 16.6. The van der Waals surface area contributed by atoms with E-state index in [1.54, 1.807) is 20.1 Å². The maximum Gasteiger partial charge on any atom is 0.341 e. The highest BCUT2D eigenvalue weighted by Gasteiger charge is 2.19. The number of carbonyl (C=O) groups is 1. The number of ether oxygens (including phenoxy) is 2. The predicted octanol–water partition coefficient (Wildman–Crippen LogP) is 4.29. The molecule has 0 bridgehead atoms. The third-order valence-electron chi connectivity index (χ3n) is 3.48. The molecule has 23 heavy (non-hydrogen) atoms. The quantitative estimate of drug-likeness (QED) is 0.604. The number of esters is 1. The maximum atomic E-state index is 12.2. The molecule has 1 N–H and O–H groups in total. The number of hydrogen-bond donors (Lipinski definition) is 1. The van der Waals surface area contributed by atoms with Crippen molar-refractivity contribution in [3.8, 4) is 5.75 Å². The number of halogens is 1. The fourth-order valence-electron chi connectivity index (χ4n) is 2.35. The lowest BCUT2D eigenvalue weighted by Crippen LogP contribution is -2.12. The number of aromatic nitrogens is 1. The average Bonchev–Trinajstić information content (AvgIpc) is 2.55. The van der Waals surface area contributed by atoms with E-state index in [4.69, 9.17) is 21.1 Å². The number of rotatable bonds is 7. The van der Waals surface area contributed by atoms with Gasteiger partial charge in [0.25, 0.3) is 0 Å². The third-order valence-corrected chi connectivity index (χ3v) is 3.77. The lowest BCUT2D eigenvalue weighted by molar-refractivity contribution is 0.0527. The van der Waals surface area contributed by atoms with E-state index in [1.165, 1.54) is 6.20 Å². The third kappa shape index (κ3) is 3.67. The molecule has 6 heteroatoms. The smallest absolute Gasteiger partial charge is 0.341 e. The summed E-state index contributed by atoms with van der Waals surface area (Å²) in [6.45, 7) is 4.96. The lowest BCUT2D eigenvalue weighted by atomic mass is 10.1. The second-order valence-corrected chi connectivity index (χ2v) is 5.43. The van der Waals surface area contributed by atoms with Crippen molar-refractivity contribution < 1.29 is 14.3 Å². The predicted molar refractivity (Wildman–Crippen MR) is 92.7 cm³/mol. The van der Waals surface area contributed by atoms with Gasteiger partial charge in [0.05, 0.1) is 24.4 Å². The number of anilines is 1. The first kappa shape index (κ1) is 17.3. The van der Waals surface area contributed by atoms with Crippen LogP contribution in [0.25, 0.3) is 10.9 Å². The van der Waals surface area contributed by atoms with Gasteiger partial charge in [-0.1, -0.05) is 24.9 Å². The molecule has 0 atom stereocenters. The summed E-state index contributed by atoms with van der Waals surface area (Å²) in [6, 6.07) is 3.58. The summed E-state index contributed by atoms with van der Waals surface area (Å²) in [5, 5.41) is 4.60. The van der Waals surface area contributed by atoms with Crippen LogP contribution in [0.4, 0.5) is 5.69 Å². The van der Waals surface area contributed by atoms with Gasteiger partial charge in [-0.2, -0.15) is 0 Å². The maximum absolute atomic E-state index is 12.2. The Balaban J connectivity index is 2.60. The molecule has 0 aliphatic carbocycles. The molecule has 124 valence electrons. The molecule has 2 rings (SSSR count). The van der Waals surface area contributed by atoms with E-state index in [0.717, 1.165) is 24.8 Å². The largest absolute Gasteiger partial charge is 0.493 e. The van der Waals surface area contributed by atoms with Crippen LogP contribution in [0, 0.1) is 0 Å². The van der Waals surface area contributed by atoms with E-state index < -0.39 is 5.97 Å². The van der Waals surface area contributed by atoms with E-state index in [9.17, 15) is 4.79 Å². The molecule has 0 saturated carbocycles. The minimum Gasteiger partial charge on any atom is -0.493 e. The molecule has 0 amide bonds. The number of pyridine rings is 1. The first-order valence-corrected chi connectivity index (χ1v) is 8.08. The van der Waals surface area contributed by atoms with Crippen molar-refractivity contribution in [2.75, 3.05) is 25.6 Å². The molecule has 0 aliphatic rings. The van der Waals surface area contributed by atoms with Gasteiger partial charge >= 0.3 is 5.97 Å². The zero-order chi connectivity index (χ0) is 16.8. The number of fused-ring (bicyclic) bond motifs is 1. The summed E-state index contributed by atoms with van der Waals surface area (Å²) >= 11 is 6.16. The van der Waals surface area contributed by atoms with Crippen molar-refractivity contribution in [1.82, 2.24) is 4.98 Å². The number of nitrogens with zero attached hydrogens (tertiary/aromatic N) is 1. The van der Waals surface area contributed by atoms with E-state index in [2.05, 4.69) is 17.2 Å². The molecule has 0 unspecified atom stereocenters. The Morgan fingerprint density at radius 3 is 2.78 bits per heavy atom. The van der Waals surface area contributed by atoms with Crippen molar-refractivity contribution in [3.63, 3.8) is 0 Å². The van der Waals surface area contributed by atoms with Gasteiger partial charge in [0.2, 0.25) is 0 Å². The molecule has 1 aromatic heterocycles. The Morgan fingerprint density at radius 2 is 2.13 bits per heavy atom. The molecule has 1 heterocycles.